The summed E-state index contributed by atoms with van der Waals surface area (Å²) in [6, 6.07) is 0. The minimum absolute atomic E-state index is 0.0177. The third-order valence-electron chi connectivity index (χ3n) is 6.99. The maximum Gasteiger partial charge on any atom is 0.427 e. The maximum atomic E-state index is 13.4. The van der Waals surface area contributed by atoms with Gasteiger partial charge in [0.25, 0.3) is 5.56 Å². The van der Waals surface area contributed by atoms with Gasteiger partial charge in [0.2, 0.25) is 5.91 Å². The number of pyridine rings is 1. The molecule has 2 fully saturated rings. The van der Waals surface area contributed by atoms with Crippen LogP contribution in [0.4, 0.5) is 18.3 Å². The fourth-order valence-electron chi connectivity index (χ4n) is 4.72. The number of rotatable bonds is 4. The van der Waals surface area contributed by atoms with Crippen molar-refractivity contribution in [3.8, 4) is 0 Å². The fourth-order valence-corrected chi connectivity index (χ4v) is 5.76. The quantitative estimate of drug-likeness (QED) is 0.689. The Kier molecular flexibility index (Phi) is 4.92. The van der Waals surface area contributed by atoms with Gasteiger partial charge in [-0.25, -0.2) is 4.98 Å². The molecule has 5 rings (SSSR count). The Labute approximate surface area is 187 Å². The highest BCUT2D eigenvalue weighted by molar-refractivity contribution is 7.15. The van der Waals surface area contributed by atoms with Crippen LogP contribution in [0, 0.1) is 19.8 Å². The molecule has 0 atom stereocenters. The monoisotopic (exact) mass is 466 g/mol. The topological polar surface area (TPSA) is 58.4 Å². The van der Waals surface area contributed by atoms with Crippen LogP contribution in [-0.2, 0) is 31.1 Å². The number of alkyl halides is 3. The third-order valence-corrected chi connectivity index (χ3v) is 8.17. The van der Waals surface area contributed by atoms with E-state index in [1.165, 1.54) is 0 Å². The molecule has 6 nitrogen and oxygen atoms in total. The lowest BCUT2D eigenvalue weighted by Crippen LogP contribution is -2.48. The molecule has 0 N–H and O–H groups in total. The predicted octanol–water partition coefficient (Wildman–Crippen LogP) is 3.72. The van der Waals surface area contributed by atoms with Crippen LogP contribution in [0.25, 0.3) is 0 Å². The van der Waals surface area contributed by atoms with Crippen LogP contribution in [0.5, 0.6) is 0 Å². The summed E-state index contributed by atoms with van der Waals surface area (Å²) in [5.41, 5.74) is 3.76. The van der Waals surface area contributed by atoms with Crippen LogP contribution in [0.1, 0.15) is 58.1 Å². The molecule has 10 heteroatoms. The van der Waals surface area contributed by atoms with Gasteiger partial charge in [-0.3, -0.25) is 9.59 Å². The fraction of sp³-hybridized carbons (Fsp3) is 0.591. The molecule has 32 heavy (non-hydrogen) atoms. The zero-order valence-electron chi connectivity index (χ0n) is 18.3. The molecule has 2 aromatic rings. The van der Waals surface area contributed by atoms with Gasteiger partial charge in [-0.05, 0) is 37.8 Å². The SMILES string of the molecule is Cc1c2c(n(C)c(=O)c1C)CN(C(=O)CC1CN(c3nc(C4CC4)c(C(F)(F)F)s3)C1)C2. The van der Waals surface area contributed by atoms with E-state index in [1.54, 1.807) is 16.5 Å². The second kappa shape index (κ2) is 7.33. The highest BCUT2D eigenvalue weighted by atomic mass is 32.1. The van der Waals surface area contributed by atoms with E-state index >= 15 is 0 Å². The second-order valence-electron chi connectivity index (χ2n) is 9.25. The van der Waals surface area contributed by atoms with E-state index in [9.17, 15) is 22.8 Å². The van der Waals surface area contributed by atoms with Crippen LogP contribution >= 0.6 is 11.3 Å². The summed E-state index contributed by atoms with van der Waals surface area (Å²) in [6.45, 7) is 5.73. The number of hydrogen-bond acceptors (Lipinski definition) is 5. The van der Waals surface area contributed by atoms with Gasteiger partial charge in [0.05, 0.1) is 12.2 Å². The molecule has 2 aromatic heterocycles. The smallest absolute Gasteiger partial charge is 0.347 e. The standard InChI is InChI=1S/C22H25F3N4O2S/c1-11-12(2)20(31)27(3)16-10-28(9-15(11)16)17(30)6-13-7-29(8-13)21-26-18(14-4-5-14)19(32-21)22(23,24)25/h13-14H,4-10H2,1-3H3. The molecule has 2 aliphatic heterocycles. The van der Waals surface area contributed by atoms with Crippen molar-refractivity contribution in [2.45, 2.75) is 58.3 Å². The van der Waals surface area contributed by atoms with Crippen LogP contribution in [0.2, 0.25) is 0 Å². The largest absolute Gasteiger partial charge is 0.427 e. The average Bonchev–Trinajstić information content (AvgIpc) is 3.28. The minimum atomic E-state index is -4.37. The summed E-state index contributed by atoms with van der Waals surface area (Å²) >= 11 is 0.725. The van der Waals surface area contributed by atoms with Crippen LogP contribution < -0.4 is 10.5 Å². The molecule has 4 heterocycles. The average molecular weight is 467 g/mol. The summed E-state index contributed by atoms with van der Waals surface area (Å²) in [6.07, 6.45) is -2.47. The Morgan fingerprint density at radius 1 is 1.16 bits per heavy atom. The van der Waals surface area contributed by atoms with Crippen molar-refractivity contribution < 1.29 is 18.0 Å². The molecule has 0 spiro atoms. The second-order valence-corrected chi connectivity index (χ2v) is 10.2. The highest BCUT2D eigenvalue weighted by Crippen LogP contribution is 2.49. The van der Waals surface area contributed by atoms with E-state index < -0.39 is 11.1 Å². The Balaban J connectivity index is 1.22. The number of hydrogen-bond donors (Lipinski definition) is 0. The van der Waals surface area contributed by atoms with Gasteiger partial charge in [0.1, 0.15) is 4.88 Å². The van der Waals surface area contributed by atoms with Crippen molar-refractivity contribution in [1.82, 2.24) is 14.5 Å². The van der Waals surface area contributed by atoms with Gasteiger partial charge in [-0.2, -0.15) is 13.2 Å². The molecule has 0 bridgehead atoms. The van der Waals surface area contributed by atoms with E-state index in [-0.39, 0.29) is 29.0 Å². The molecule has 1 amide bonds. The number of anilines is 1. The van der Waals surface area contributed by atoms with Crippen molar-refractivity contribution in [2.75, 3.05) is 18.0 Å². The van der Waals surface area contributed by atoms with E-state index in [0.717, 1.165) is 41.0 Å². The summed E-state index contributed by atoms with van der Waals surface area (Å²) in [5.74, 6) is 0.0553. The number of amides is 1. The number of halogens is 3. The van der Waals surface area contributed by atoms with Crippen molar-refractivity contribution >= 4 is 22.4 Å². The lowest BCUT2D eigenvalue weighted by atomic mass is 9.96. The molecule has 0 radical (unpaired) electrons. The van der Waals surface area contributed by atoms with Gasteiger partial charge in [-0.1, -0.05) is 11.3 Å². The highest BCUT2D eigenvalue weighted by Gasteiger charge is 2.43. The number of carbonyl (C=O) groups excluding carboxylic acids is 1. The Morgan fingerprint density at radius 3 is 2.47 bits per heavy atom. The van der Waals surface area contributed by atoms with Crippen molar-refractivity contribution in [1.29, 1.82) is 0 Å². The van der Waals surface area contributed by atoms with Crippen molar-refractivity contribution in [2.24, 2.45) is 13.0 Å². The molecule has 0 aromatic carbocycles. The first-order valence-corrected chi connectivity index (χ1v) is 11.6. The Bertz CT molecular complexity index is 1160. The van der Waals surface area contributed by atoms with E-state index in [1.807, 2.05) is 18.7 Å². The normalized spacial score (nSPS) is 18.8. The molecule has 1 aliphatic carbocycles. The first-order valence-electron chi connectivity index (χ1n) is 10.8. The molecule has 0 unspecified atom stereocenters. The number of nitrogens with zero attached hydrogens (tertiary/aromatic N) is 4. The molecule has 172 valence electrons. The first kappa shape index (κ1) is 21.5. The maximum absolute atomic E-state index is 13.4. The molecular formula is C22H25F3N4O2S. The minimum Gasteiger partial charge on any atom is -0.347 e. The number of fused-ring (bicyclic) bond motifs is 1. The summed E-state index contributed by atoms with van der Waals surface area (Å²) in [7, 11) is 1.74. The summed E-state index contributed by atoms with van der Waals surface area (Å²) < 4.78 is 41.7. The van der Waals surface area contributed by atoms with Crippen molar-refractivity contribution in [3.05, 3.63) is 43.3 Å². The summed E-state index contributed by atoms with van der Waals surface area (Å²) in [5, 5.41) is 0.414. The molecule has 1 saturated heterocycles. The van der Waals surface area contributed by atoms with Crippen LogP contribution in [0.3, 0.4) is 0 Å². The van der Waals surface area contributed by atoms with Crippen LogP contribution in [0.15, 0.2) is 4.79 Å². The number of carbonyl (C=O) groups is 1. The molecule has 3 aliphatic rings. The van der Waals surface area contributed by atoms with Gasteiger partial charge >= 0.3 is 6.18 Å². The van der Waals surface area contributed by atoms with Crippen molar-refractivity contribution in [3.63, 3.8) is 0 Å². The first-order chi connectivity index (χ1) is 15.0. The third kappa shape index (κ3) is 3.52. The lowest BCUT2D eigenvalue weighted by Gasteiger charge is -2.39. The van der Waals surface area contributed by atoms with E-state index in [2.05, 4.69) is 4.98 Å². The van der Waals surface area contributed by atoms with Gasteiger partial charge in [-0.15, -0.1) is 0 Å². The van der Waals surface area contributed by atoms with E-state index in [4.69, 9.17) is 0 Å². The Morgan fingerprint density at radius 2 is 1.84 bits per heavy atom. The number of aromatic nitrogens is 2. The lowest BCUT2D eigenvalue weighted by molar-refractivity contribution is -0.135. The van der Waals surface area contributed by atoms with Gasteiger partial charge in [0, 0.05) is 56.2 Å². The Hall–Kier alpha value is -2.36. The molecule has 1 saturated carbocycles. The zero-order valence-corrected chi connectivity index (χ0v) is 19.1. The molecular weight excluding hydrogens is 441 g/mol. The number of thiazole rings is 1. The van der Waals surface area contributed by atoms with Crippen LogP contribution in [-0.4, -0.2) is 33.4 Å². The predicted molar refractivity (Wildman–Crippen MR) is 115 cm³/mol. The van der Waals surface area contributed by atoms with Gasteiger partial charge < -0.3 is 14.4 Å². The van der Waals surface area contributed by atoms with E-state index in [0.29, 0.717) is 43.3 Å². The zero-order chi connectivity index (χ0) is 22.9. The van der Waals surface area contributed by atoms with Gasteiger partial charge in [0.15, 0.2) is 5.13 Å². The summed E-state index contributed by atoms with van der Waals surface area (Å²) in [4.78, 5) is 32.6.